The van der Waals surface area contributed by atoms with Crippen LogP contribution in [0, 0.1) is 0 Å². The molecule has 0 saturated carbocycles. The number of rotatable bonds is 1. The Hall–Kier alpha value is -0.561. The van der Waals surface area contributed by atoms with E-state index in [-0.39, 0.29) is 22.5 Å². The molecule has 1 aromatic rings. The van der Waals surface area contributed by atoms with Crippen molar-refractivity contribution in [3.05, 3.63) is 42.5 Å². The predicted molar refractivity (Wildman–Crippen MR) is 41.8 cm³/mol. The van der Waals surface area contributed by atoms with Crippen LogP contribution in [0.3, 0.4) is 0 Å². The third kappa shape index (κ3) is 3.99. The molecular weight excluding hydrogens is 188 g/mol. The molecule has 0 aliphatic carbocycles. The number of hydrogen-bond acceptors (Lipinski definition) is 0. The molecule has 1 radical (unpaired) electrons. The van der Waals surface area contributed by atoms with Gasteiger partial charge in [-0.25, -0.2) is 0 Å². The molecule has 0 aliphatic rings. The molecule has 0 atom stereocenters. The molecule has 0 fully saturated rings. The van der Waals surface area contributed by atoms with Crippen molar-refractivity contribution in [2.75, 3.05) is 0 Å². The number of hydrogen-bond donors (Lipinski definition) is 0. The van der Waals surface area contributed by atoms with Crippen LogP contribution in [0.1, 0.15) is 12.5 Å². The van der Waals surface area contributed by atoms with E-state index < -0.39 is 0 Å². The van der Waals surface area contributed by atoms with Gasteiger partial charge >= 0.3 is 17.1 Å². The fourth-order valence-electron chi connectivity index (χ4n) is 0.723. The smallest absolute Gasteiger partial charge is 2.00 e. The van der Waals surface area contributed by atoms with E-state index in [1.165, 1.54) is 5.56 Å². The van der Waals surface area contributed by atoms with Crippen LogP contribution in [0.5, 0.6) is 0 Å². The molecule has 0 saturated heterocycles. The zero-order valence-electron chi connectivity index (χ0n) is 6.30. The molecule has 0 bridgehead atoms. The van der Waals surface area contributed by atoms with Crippen LogP contribution in [0.15, 0.2) is 36.9 Å². The van der Waals surface area contributed by atoms with Gasteiger partial charge in [-0.1, -0.05) is 42.5 Å². The molecule has 0 amide bonds. The fourth-order valence-corrected chi connectivity index (χ4v) is 0.723. The summed E-state index contributed by atoms with van der Waals surface area (Å²) >= 11 is 0. The molecule has 63 valence electrons. The maximum absolute atomic E-state index is 3.83. The molecule has 0 heterocycles. The zero-order valence-corrected chi connectivity index (χ0v) is 7.25. The Kier molecular flexibility index (Phi) is 7.32. The molecule has 0 aliphatic heterocycles. The molecule has 0 spiro atoms. The molecule has 2 heteroatoms. The van der Waals surface area contributed by atoms with Crippen molar-refractivity contribution in [2.24, 2.45) is 0 Å². The molecule has 11 heavy (non-hydrogen) atoms. The zero-order chi connectivity index (χ0) is 6.69. The summed E-state index contributed by atoms with van der Waals surface area (Å²) in [7, 11) is 0. The first kappa shape index (κ1) is 13.1. The summed E-state index contributed by atoms with van der Waals surface area (Å²) in [5.74, 6) is 0. The van der Waals surface area contributed by atoms with Crippen LogP contribution in [0.25, 0.3) is 5.57 Å². The van der Waals surface area contributed by atoms with Gasteiger partial charge in [0.2, 0.25) is 0 Å². The second-order valence-electron chi connectivity index (χ2n) is 2.15. The summed E-state index contributed by atoms with van der Waals surface area (Å²) < 4.78 is 0. The van der Waals surface area contributed by atoms with E-state index in [4.69, 9.17) is 0 Å². The minimum Gasteiger partial charge on any atom is -2.00 e. The van der Waals surface area contributed by atoms with Crippen molar-refractivity contribution in [2.45, 2.75) is 6.92 Å². The van der Waals surface area contributed by atoms with Gasteiger partial charge in [-0.15, -0.1) is 0 Å². The summed E-state index contributed by atoms with van der Waals surface area (Å²) in [6, 6.07) is 10.2. The Morgan fingerprint density at radius 3 is 1.91 bits per heavy atom. The minimum atomic E-state index is 0. The van der Waals surface area contributed by atoms with Gasteiger partial charge < -0.3 is 5.48 Å². The normalized spacial score (nSPS) is 7.36. The third-order valence-electron chi connectivity index (χ3n) is 1.27. The molecule has 1 rings (SSSR count). The van der Waals surface area contributed by atoms with E-state index in [2.05, 4.69) is 18.7 Å². The number of benzene rings is 1. The maximum atomic E-state index is 3.83. The molecule has 0 N–H and O–H groups in total. The van der Waals surface area contributed by atoms with E-state index in [0.717, 1.165) is 5.57 Å². The summed E-state index contributed by atoms with van der Waals surface area (Å²) in [5, 5.41) is 0. The summed E-state index contributed by atoms with van der Waals surface area (Å²) in [4.78, 5) is 0. The second-order valence-corrected chi connectivity index (χ2v) is 2.15. The second kappa shape index (κ2) is 6.17. The largest absolute Gasteiger partial charge is 2.00 e. The van der Waals surface area contributed by atoms with Crippen LogP contribution in [0.4, 0.5) is 0 Å². The third-order valence-corrected chi connectivity index (χ3v) is 1.27. The topological polar surface area (TPSA) is 28.5 Å². The van der Waals surface area contributed by atoms with Crippen molar-refractivity contribution in [1.82, 2.24) is 0 Å². The van der Waals surface area contributed by atoms with E-state index in [1.807, 2.05) is 25.1 Å². The predicted octanol–water partition coefficient (Wildman–Crippen LogP) is 2.60. The number of allylic oxidation sites excluding steroid dienone is 1. The first-order valence-corrected chi connectivity index (χ1v) is 3.01. The first-order valence-electron chi connectivity index (χ1n) is 3.01. The van der Waals surface area contributed by atoms with Gasteiger partial charge in [0.15, 0.2) is 0 Å². The van der Waals surface area contributed by atoms with E-state index in [0.29, 0.717) is 0 Å². The average Bonchev–Trinajstić information content (AvgIpc) is 1.90. The van der Waals surface area contributed by atoms with Gasteiger partial charge in [0.05, 0.1) is 0 Å². The van der Waals surface area contributed by atoms with Crippen molar-refractivity contribution in [3.63, 3.8) is 0 Å². The molecular formula is C9H10CuO. The fraction of sp³-hybridized carbons (Fsp3) is 0.111. The Bertz CT molecular complexity index is 206. The molecule has 0 aromatic heterocycles. The van der Waals surface area contributed by atoms with Gasteiger partial charge in [-0.2, -0.15) is 0 Å². The average molecular weight is 198 g/mol. The monoisotopic (exact) mass is 197 g/mol. The first-order chi connectivity index (χ1) is 4.30. The van der Waals surface area contributed by atoms with Gasteiger partial charge in [0, 0.05) is 0 Å². The van der Waals surface area contributed by atoms with Crippen LogP contribution in [-0.4, -0.2) is 0 Å². The quantitative estimate of drug-likeness (QED) is 0.620. The van der Waals surface area contributed by atoms with Gasteiger partial charge in [-0.3, -0.25) is 0 Å². The van der Waals surface area contributed by atoms with Crippen molar-refractivity contribution < 1.29 is 22.5 Å². The van der Waals surface area contributed by atoms with E-state index in [9.17, 15) is 0 Å². The van der Waals surface area contributed by atoms with Crippen molar-refractivity contribution in [3.8, 4) is 0 Å². The summed E-state index contributed by atoms with van der Waals surface area (Å²) in [6.07, 6.45) is 0. The van der Waals surface area contributed by atoms with Gasteiger partial charge in [0.25, 0.3) is 0 Å². The maximum Gasteiger partial charge on any atom is 2.00 e. The van der Waals surface area contributed by atoms with Gasteiger partial charge in [-0.05, 0) is 12.5 Å². The van der Waals surface area contributed by atoms with Crippen LogP contribution in [0.2, 0.25) is 0 Å². The Labute approximate surface area is 77.9 Å². The van der Waals surface area contributed by atoms with E-state index in [1.54, 1.807) is 0 Å². The Morgan fingerprint density at radius 1 is 1.18 bits per heavy atom. The van der Waals surface area contributed by atoms with Crippen molar-refractivity contribution >= 4 is 5.57 Å². The van der Waals surface area contributed by atoms with Crippen LogP contribution >= 0.6 is 0 Å². The molecule has 1 nitrogen and oxygen atoms in total. The SMILES string of the molecule is C=C(C)c1ccccc1.[Cu+2].[O-2]. The van der Waals surface area contributed by atoms with Crippen LogP contribution < -0.4 is 0 Å². The Morgan fingerprint density at radius 2 is 1.64 bits per heavy atom. The van der Waals surface area contributed by atoms with E-state index >= 15 is 0 Å². The van der Waals surface area contributed by atoms with Crippen LogP contribution in [-0.2, 0) is 22.5 Å². The van der Waals surface area contributed by atoms with Gasteiger partial charge in [0.1, 0.15) is 0 Å². The minimum absolute atomic E-state index is 0. The summed E-state index contributed by atoms with van der Waals surface area (Å²) in [5.41, 5.74) is 2.34. The van der Waals surface area contributed by atoms with Crippen molar-refractivity contribution in [1.29, 1.82) is 0 Å². The molecule has 0 unspecified atom stereocenters. The Balaban J connectivity index is 0. The summed E-state index contributed by atoms with van der Waals surface area (Å²) in [6.45, 7) is 5.83. The molecule has 1 aromatic carbocycles. The standard InChI is InChI=1S/C9H10.Cu.O/c1-8(2)9-6-4-3-5-7-9;;/h3-7H,1H2,2H3;;/q;+2;-2.